The van der Waals surface area contributed by atoms with Gasteiger partial charge in [0, 0.05) is 19.3 Å². The molecule has 24 heavy (non-hydrogen) atoms. The Hall–Kier alpha value is -2.66. The fourth-order valence-electron chi connectivity index (χ4n) is 2.44. The minimum atomic E-state index is -0.367. The van der Waals surface area contributed by atoms with E-state index in [-0.39, 0.29) is 12.6 Å². The van der Waals surface area contributed by atoms with E-state index in [1.807, 2.05) is 48.6 Å². The number of anilines is 1. The molecule has 1 aliphatic rings. The first-order valence-electron chi connectivity index (χ1n) is 8.00. The molecule has 5 heteroatoms. The maximum absolute atomic E-state index is 12.0. The third kappa shape index (κ3) is 4.43. The molecule has 1 aliphatic heterocycles. The van der Waals surface area contributed by atoms with Crippen molar-refractivity contribution in [3.05, 3.63) is 65.9 Å². The summed E-state index contributed by atoms with van der Waals surface area (Å²) in [5, 5.41) is 0. The van der Waals surface area contributed by atoms with Crippen molar-refractivity contribution in [3.63, 3.8) is 0 Å². The summed E-state index contributed by atoms with van der Waals surface area (Å²) in [5.41, 5.74) is 1.53. The molecular formula is C19H20N2O3. The van der Waals surface area contributed by atoms with Crippen LogP contribution in [0.5, 0.6) is 0 Å². The predicted molar refractivity (Wildman–Crippen MR) is 93.0 cm³/mol. The first kappa shape index (κ1) is 16.2. The number of hydrogen-bond acceptors (Lipinski definition) is 5. The maximum atomic E-state index is 12.0. The number of pyridine rings is 1. The number of ether oxygens (including phenoxy) is 2. The molecule has 1 aromatic carbocycles. The number of rotatable bonds is 5. The molecule has 1 aromatic heterocycles. The average Bonchev–Trinajstić information content (AvgIpc) is 2.67. The zero-order valence-electron chi connectivity index (χ0n) is 13.4. The van der Waals surface area contributed by atoms with Crippen LogP contribution in [-0.4, -0.2) is 43.9 Å². The van der Waals surface area contributed by atoms with Gasteiger partial charge in [-0.1, -0.05) is 36.4 Å². The SMILES string of the molecule is O=C(OCC=Cc1ccccc1)c1ccc(N2CCOCC2)nc1. The monoisotopic (exact) mass is 324 g/mol. The molecule has 124 valence electrons. The van der Waals surface area contributed by atoms with E-state index in [4.69, 9.17) is 9.47 Å². The standard InChI is InChI=1S/C19H20N2O3/c22-19(24-12-4-7-16-5-2-1-3-6-16)17-8-9-18(20-15-17)21-10-13-23-14-11-21/h1-9,15H,10-14H2. The Balaban J connectivity index is 1.50. The number of aromatic nitrogens is 1. The fourth-order valence-corrected chi connectivity index (χ4v) is 2.44. The first-order valence-corrected chi connectivity index (χ1v) is 8.00. The molecular weight excluding hydrogens is 304 g/mol. The van der Waals surface area contributed by atoms with Crippen LogP contribution in [0.1, 0.15) is 15.9 Å². The van der Waals surface area contributed by atoms with Crippen LogP contribution in [0.2, 0.25) is 0 Å². The van der Waals surface area contributed by atoms with Crippen LogP contribution in [0.3, 0.4) is 0 Å². The molecule has 0 saturated carbocycles. The van der Waals surface area contributed by atoms with Crippen LogP contribution in [0, 0.1) is 0 Å². The third-order valence-corrected chi connectivity index (χ3v) is 3.74. The molecule has 0 bridgehead atoms. The highest BCUT2D eigenvalue weighted by atomic mass is 16.5. The Morgan fingerprint density at radius 1 is 1.17 bits per heavy atom. The van der Waals surface area contributed by atoms with Gasteiger partial charge in [0.15, 0.2) is 0 Å². The summed E-state index contributed by atoms with van der Waals surface area (Å²) < 4.78 is 10.6. The average molecular weight is 324 g/mol. The number of hydrogen-bond donors (Lipinski definition) is 0. The van der Waals surface area contributed by atoms with Crippen molar-refractivity contribution in [2.75, 3.05) is 37.8 Å². The zero-order chi connectivity index (χ0) is 16.6. The second-order valence-electron chi connectivity index (χ2n) is 5.42. The quantitative estimate of drug-likeness (QED) is 0.792. The summed E-state index contributed by atoms with van der Waals surface area (Å²) in [6.45, 7) is 3.29. The van der Waals surface area contributed by atoms with Gasteiger partial charge in [-0.3, -0.25) is 0 Å². The highest BCUT2D eigenvalue weighted by Crippen LogP contribution is 2.13. The molecule has 2 heterocycles. The van der Waals surface area contributed by atoms with Crippen molar-refractivity contribution < 1.29 is 14.3 Å². The van der Waals surface area contributed by atoms with Gasteiger partial charge in [0.2, 0.25) is 0 Å². The highest BCUT2D eigenvalue weighted by Gasteiger charge is 2.13. The van der Waals surface area contributed by atoms with Crippen LogP contribution in [0.15, 0.2) is 54.7 Å². The smallest absolute Gasteiger partial charge is 0.340 e. The van der Waals surface area contributed by atoms with Crippen molar-refractivity contribution >= 4 is 17.9 Å². The van der Waals surface area contributed by atoms with Crippen molar-refractivity contribution in [1.82, 2.24) is 4.98 Å². The molecule has 0 spiro atoms. The number of carbonyl (C=O) groups excluding carboxylic acids is 1. The number of esters is 1. The Kier molecular flexibility index (Phi) is 5.58. The molecule has 3 rings (SSSR count). The molecule has 0 aliphatic carbocycles. The van der Waals surface area contributed by atoms with Crippen LogP contribution >= 0.6 is 0 Å². The van der Waals surface area contributed by atoms with Gasteiger partial charge in [0.25, 0.3) is 0 Å². The molecule has 5 nitrogen and oxygen atoms in total. The second kappa shape index (κ2) is 8.26. The molecule has 0 N–H and O–H groups in total. The lowest BCUT2D eigenvalue weighted by atomic mass is 10.2. The third-order valence-electron chi connectivity index (χ3n) is 3.74. The summed E-state index contributed by atoms with van der Waals surface area (Å²) in [6.07, 6.45) is 5.31. The summed E-state index contributed by atoms with van der Waals surface area (Å²) in [5.74, 6) is 0.493. The number of benzene rings is 1. The van der Waals surface area contributed by atoms with Crippen LogP contribution in [0.25, 0.3) is 6.08 Å². The molecule has 2 aromatic rings. The van der Waals surface area contributed by atoms with E-state index in [0.717, 1.165) is 24.5 Å². The molecule has 0 unspecified atom stereocenters. The van der Waals surface area contributed by atoms with Crippen molar-refractivity contribution in [2.24, 2.45) is 0 Å². The minimum Gasteiger partial charge on any atom is -0.458 e. The van der Waals surface area contributed by atoms with Crippen LogP contribution in [0.4, 0.5) is 5.82 Å². The van der Waals surface area contributed by atoms with Crippen LogP contribution in [-0.2, 0) is 9.47 Å². The minimum absolute atomic E-state index is 0.235. The van der Waals surface area contributed by atoms with Gasteiger partial charge < -0.3 is 14.4 Å². The normalized spacial score (nSPS) is 14.8. The first-order chi connectivity index (χ1) is 11.8. The summed E-state index contributed by atoms with van der Waals surface area (Å²) in [4.78, 5) is 18.5. The Bertz CT molecular complexity index is 678. The van der Waals surface area contributed by atoms with Gasteiger partial charge in [-0.05, 0) is 23.8 Å². The van der Waals surface area contributed by atoms with E-state index in [1.54, 1.807) is 12.3 Å². The van der Waals surface area contributed by atoms with E-state index >= 15 is 0 Å². The zero-order valence-corrected chi connectivity index (χ0v) is 13.4. The van der Waals surface area contributed by atoms with Gasteiger partial charge in [0.1, 0.15) is 12.4 Å². The summed E-state index contributed by atoms with van der Waals surface area (Å²) in [7, 11) is 0. The second-order valence-corrected chi connectivity index (χ2v) is 5.42. The number of carbonyl (C=O) groups is 1. The maximum Gasteiger partial charge on any atom is 0.340 e. The Morgan fingerprint density at radius 3 is 2.67 bits per heavy atom. The summed E-state index contributed by atoms with van der Waals surface area (Å²) >= 11 is 0. The highest BCUT2D eigenvalue weighted by molar-refractivity contribution is 5.89. The van der Waals surface area contributed by atoms with Gasteiger partial charge in [0.05, 0.1) is 18.8 Å². The van der Waals surface area contributed by atoms with E-state index in [9.17, 15) is 4.79 Å². The largest absolute Gasteiger partial charge is 0.458 e. The number of nitrogens with zero attached hydrogens (tertiary/aromatic N) is 2. The van der Waals surface area contributed by atoms with E-state index in [2.05, 4.69) is 9.88 Å². The van der Waals surface area contributed by atoms with E-state index in [0.29, 0.717) is 18.8 Å². The lowest BCUT2D eigenvalue weighted by Gasteiger charge is -2.27. The molecule has 1 fully saturated rings. The van der Waals surface area contributed by atoms with Gasteiger partial charge in [-0.15, -0.1) is 0 Å². The van der Waals surface area contributed by atoms with Gasteiger partial charge in [-0.2, -0.15) is 0 Å². The van der Waals surface area contributed by atoms with Crippen LogP contribution < -0.4 is 4.90 Å². The van der Waals surface area contributed by atoms with Crippen molar-refractivity contribution in [1.29, 1.82) is 0 Å². The van der Waals surface area contributed by atoms with Gasteiger partial charge in [-0.25, -0.2) is 9.78 Å². The van der Waals surface area contributed by atoms with E-state index in [1.165, 1.54) is 0 Å². The summed E-state index contributed by atoms with van der Waals surface area (Å²) in [6, 6.07) is 13.5. The Labute approximate surface area is 141 Å². The van der Waals surface area contributed by atoms with E-state index < -0.39 is 0 Å². The van der Waals surface area contributed by atoms with Crippen molar-refractivity contribution in [3.8, 4) is 0 Å². The topological polar surface area (TPSA) is 51.7 Å². The molecule has 0 amide bonds. The molecule has 0 radical (unpaired) electrons. The molecule has 1 saturated heterocycles. The number of morpholine rings is 1. The lowest BCUT2D eigenvalue weighted by Crippen LogP contribution is -2.36. The fraction of sp³-hybridized carbons (Fsp3) is 0.263. The predicted octanol–water partition coefficient (Wildman–Crippen LogP) is 2.79. The van der Waals surface area contributed by atoms with Crippen molar-refractivity contribution in [2.45, 2.75) is 0 Å². The molecule has 0 atom stereocenters. The van der Waals surface area contributed by atoms with Gasteiger partial charge >= 0.3 is 5.97 Å². The lowest BCUT2D eigenvalue weighted by molar-refractivity contribution is 0.0549. The Morgan fingerprint density at radius 2 is 1.96 bits per heavy atom.